The Labute approximate surface area is 176 Å². The topological polar surface area (TPSA) is 270 Å². The number of H-pyrrole nitrogens is 1. The molecule has 0 amide bonds. The minimum absolute atomic E-state index is 0.0221. The fourth-order valence-electron chi connectivity index (χ4n) is 2.76. The second-order valence-electron chi connectivity index (χ2n) is 6.52. The fraction of sp³-hybridized carbons (Fsp3) is 0.545. The predicted octanol–water partition coefficient (Wildman–Crippen LogP) is -0.900. The Morgan fingerprint density at radius 3 is 2.62 bits per heavy atom. The van der Waals surface area contributed by atoms with E-state index in [2.05, 4.69) is 23.8 Å². The van der Waals surface area contributed by atoms with Crippen molar-refractivity contribution in [3.63, 3.8) is 0 Å². The van der Waals surface area contributed by atoms with Crippen molar-refractivity contribution >= 4 is 40.1 Å². The number of nitrogens with one attached hydrogen (secondary N) is 1. The number of hydrogen-bond acceptors (Lipinski definition) is 11. The number of aromatic amines is 1. The van der Waals surface area contributed by atoms with Gasteiger partial charge in [0.25, 0.3) is 11.2 Å². The molecular formula is C11H17FN5O12P3. The van der Waals surface area contributed by atoms with Gasteiger partial charge in [0.05, 0.1) is 19.0 Å². The standard InChI is InChI=1S/C11H17FN5O12P3/c12-10(30(20,21)22)31(23,24)29-32(25,26)27-2-5-4(18)1-6(28-5)17-3-14-7-8(17)15-11(13)16-9(7)19/h3-6,10,18H,1-2H2,(H,23,24)(H,25,26)(H2,20,21,22)(H3,13,15,16,19)/t4-,5+,6+,10?/m0/s1. The molecule has 2 aromatic rings. The Balaban J connectivity index is 1.68. The van der Waals surface area contributed by atoms with Gasteiger partial charge in [-0.3, -0.25) is 28.0 Å². The molecule has 0 aromatic carbocycles. The molecule has 1 aliphatic rings. The van der Waals surface area contributed by atoms with Gasteiger partial charge in [-0.05, 0) is 0 Å². The van der Waals surface area contributed by atoms with E-state index in [1.54, 1.807) is 0 Å². The third-order valence-corrected chi connectivity index (χ3v) is 9.24. The molecular weight excluding hydrogens is 506 g/mol. The number of phosphoric acid groups is 1. The van der Waals surface area contributed by atoms with Gasteiger partial charge in [-0.1, -0.05) is 0 Å². The lowest BCUT2D eigenvalue weighted by Gasteiger charge is -2.21. The van der Waals surface area contributed by atoms with Gasteiger partial charge < -0.3 is 35.2 Å². The van der Waals surface area contributed by atoms with Gasteiger partial charge in [-0.2, -0.15) is 4.98 Å². The lowest BCUT2D eigenvalue weighted by Crippen LogP contribution is -2.26. The zero-order chi connectivity index (χ0) is 24.1. The number of phosphoric ester groups is 1. The van der Waals surface area contributed by atoms with Crippen LogP contribution in [0.4, 0.5) is 10.3 Å². The summed E-state index contributed by atoms with van der Waals surface area (Å²) in [6.45, 7) is -0.916. The minimum Gasteiger partial charge on any atom is -0.390 e. The smallest absolute Gasteiger partial charge is 0.390 e. The maximum Gasteiger partial charge on any atom is 0.479 e. The highest BCUT2D eigenvalue weighted by Crippen LogP contribution is 2.70. The summed E-state index contributed by atoms with van der Waals surface area (Å²) in [5.41, 5.74) is 1.03. The maximum absolute atomic E-state index is 13.4. The normalized spacial score (nSPS) is 26.6. The number of nitrogen functional groups attached to an aromatic ring is 1. The quantitative estimate of drug-likeness (QED) is 0.207. The average Bonchev–Trinajstić information content (AvgIpc) is 3.21. The van der Waals surface area contributed by atoms with Crippen LogP contribution in [0, 0.1) is 0 Å². The molecule has 180 valence electrons. The molecule has 0 spiro atoms. The number of alkyl halides is 1. The number of nitrogens with two attached hydrogens (primary N) is 1. The number of rotatable bonds is 8. The summed E-state index contributed by atoms with van der Waals surface area (Å²) < 4.78 is 62.4. The Morgan fingerprint density at radius 2 is 2.00 bits per heavy atom. The van der Waals surface area contributed by atoms with E-state index in [9.17, 15) is 37.8 Å². The van der Waals surface area contributed by atoms with Crippen LogP contribution in [0.15, 0.2) is 11.1 Å². The molecule has 6 atom stereocenters. The second-order valence-corrected chi connectivity index (χ2v) is 12.0. The van der Waals surface area contributed by atoms with E-state index in [4.69, 9.17) is 20.3 Å². The van der Waals surface area contributed by atoms with Crippen LogP contribution in [0.3, 0.4) is 0 Å². The Morgan fingerprint density at radius 1 is 1.34 bits per heavy atom. The SMILES string of the molecule is Nc1nc2c(ncn2[C@H]2C[C@H](O)[C@@H](COP(=O)(O)OP(=O)(O)C(F)P(=O)(O)O)O2)c(=O)[nH]1. The lowest BCUT2D eigenvalue weighted by molar-refractivity contribution is -0.0421. The zero-order valence-electron chi connectivity index (χ0n) is 15.5. The second kappa shape index (κ2) is 8.66. The third-order valence-electron chi connectivity index (χ3n) is 4.13. The van der Waals surface area contributed by atoms with Gasteiger partial charge in [0, 0.05) is 6.42 Å². The third kappa shape index (κ3) is 5.32. The molecule has 0 saturated carbocycles. The summed E-state index contributed by atoms with van der Waals surface area (Å²) in [4.78, 5) is 57.8. The van der Waals surface area contributed by atoms with E-state index in [-0.39, 0.29) is 23.5 Å². The molecule has 21 heteroatoms. The molecule has 32 heavy (non-hydrogen) atoms. The maximum atomic E-state index is 13.4. The number of hydrogen-bond donors (Lipinski definition) is 7. The Bertz CT molecular complexity index is 1210. The van der Waals surface area contributed by atoms with Gasteiger partial charge >= 0.3 is 23.0 Å². The van der Waals surface area contributed by atoms with Crippen LogP contribution >= 0.6 is 23.0 Å². The number of nitrogens with zero attached hydrogens (tertiary/aromatic N) is 3. The molecule has 0 bridgehead atoms. The summed E-state index contributed by atoms with van der Waals surface area (Å²) in [7, 11) is -17.2. The van der Waals surface area contributed by atoms with Crippen molar-refractivity contribution in [3.05, 3.63) is 16.7 Å². The number of halogens is 1. The molecule has 3 unspecified atom stereocenters. The van der Waals surface area contributed by atoms with Crippen LogP contribution in [0.25, 0.3) is 11.2 Å². The molecule has 1 fully saturated rings. The minimum atomic E-state index is -5.93. The van der Waals surface area contributed by atoms with Crippen LogP contribution in [0.2, 0.25) is 0 Å². The van der Waals surface area contributed by atoms with Crippen LogP contribution in [0.5, 0.6) is 0 Å². The molecule has 0 aliphatic carbocycles. The van der Waals surface area contributed by atoms with Gasteiger partial charge in [-0.15, -0.1) is 0 Å². The highest BCUT2D eigenvalue weighted by molar-refractivity contribution is 7.74. The Hall–Kier alpha value is -1.55. The number of ether oxygens (including phenoxy) is 1. The number of anilines is 1. The van der Waals surface area contributed by atoms with E-state index in [1.165, 1.54) is 10.9 Å². The lowest BCUT2D eigenvalue weighted by atomic mass is 10.2. The van der Waals surface area contributed by atoms with Crippen molar-refractivity contribution in [2.45, 2.75) is 30.5 Å². The first-order valence-electron chi connectivity index (χ1n) is 8.37. The van der Waals surface area contributed by atoms with Crippen molar-refractivity contribution in [1.82, 2.24) is 19.5 Å². The number of imidazole rings is 1. The summed E-state index contributed by atoms with van der Waals surface area (Å²) in [6, 6.07) is 0. The summed E-state index contributed by atoms with van der Waals surface area (Å²) in [6.07, 6.45) is -2.57. The molecule has 17 nitrogen and oxygen atoms in total. The first kappa shape index (κ1) is 25.1. The van der Waals surface area contributed by atoms with E-state index < -0.39 is 59.3 Å². The predicted molar refractivity (Wildman–Crippen MR) is 101 cm³/mol. The van der Waals surface area contributed by atoms with Crippen LogP contribution in [0.1, 0.15) is 12.6 Å². The number of aliphatic hydroxyl groups excluding tert-OH is 1. The Kier molecular flexibility index (Phi) is 6.79. The first-order chi connectivity index (χ1) is 14.6. The summed E-state index contributed by atoms with van der Waals surface area (Å²) in [5.74, 6) is -0.212. The molecule has 3 rings (SSSR count). The van der Waals surface area contributed by atoms with Gasteiger partial charge in [0.15, 0.2) is 11.2 Å². The molecule has 2 aromatic heterocycles. The fourth-order valence-corrected chi connectivity index (χ4v) is 6.68. The zero-order valence-corrected chi connectivity index (χ0v) is 18.2. The number of aromatic nitrogens is 4. The van der Waals surface area contributed by atoms with E-state index in [0.29, 0.717) is 0 Å². The van der Waals surface area contributed by atoms with Gasteiger partial charge in [0.2, 0.25) is 5.95 Å². The average molecular weight is 523 g/mol. The summed E-state index contributed by atoms with van der Waals surface area (Å²) in [5, 5.41) is 10.1. The molecule has 1 aliphatic heterocycles. The van der Waals surface area contributed by atoms with Crippen LogP contribution in [-0.2, 0) is 27.3 Å². The highest BCUT2D eigenvalue weighted by atomic mass is 31.3. The van der Waals surface area contributed by atoms with Crippen LogP contribution in [-0.4, -0.2) is 68.7 Å². The van der Waals surface area contributed by atoms with Crippen molar-refractivity contribution in [1.29, 1.82) is 0 Å². The monoisotopic (exact) mass is 523 g/mol. The summed E-state index contributed by atoms with van der Waals surface area (Å²) >= 11 is 0. The van der Waals surface area contributed by atoms with E-state index in [0.717, 1.165) is 0 Å². The number of aliphatic hydroxyl groups is 1. The molecule has 0 radical (unpaired) electrons. The van der Waals surface area contributed by atoms with Gasteiger partial charge in [-0.25, -0.2) is 18.3 Å². The van der Waals surface area contributed by atoms with Crippen molar-refractivity contribution in [2.75, 3.05) is 12.3 Å². The van der Waals surface area contributed by atoms with Crippen molar-refractivity contribution in [2.24, 2.45) is 0 Å². The highest BCUT2D eigenvalue weighted by Gasteiger charge is 2.51. The van der Waals surface area contributed by atoms with E-state index in [1.807, 2.05) is 0 Å². The largest absolute Gasteiger partial charge is 0.479 e. The van der Waals surface area contributed by atoms with E-state index >= 15 is 0 Å². The molecule has 8 N–H and O–H groups in total. The molecule has 3 heterocycles. The van der Waals surface area contributed by atoms with Crippen molar-refractivity contribution in [3.8, 4) is 0 Å². The van der Waals surface area contributed by atoms with Crippen LogP contribution < -0.4 is 11.3 Å². The number of fused-ring (bicyclic) bond motifs is 1. The van der Waals surface area contributed by atoms with Crippen molar-refractivity contribution < 1.29 is 56.3 Å². The van der Waals surface area contributed by atoms with Gasteiger partial charge in [0.1, 0.15) is 12.3 Å². The first-order valence-corrected chi connectivity index (χ1v) is 13.2. The molecule has 1 saturated heterocycles.